The highest BCUT2D eigenvalue weighted by molar-refractivity contribution is 6.05. The van der Waals surface area contributed by atoms with E-state index in [9.17, 15) is 9.59 Å². The number of carbonyl (C=O) groups excluding carboxylic acids is 1. The number of aliphatic carboxylic acids is 1. The van der Waals surface area contributed by atoms with Crippen LogP contribution in [0, 0.1) is 5.41 Å². The molecule has 4 rings (SSSR count). The number of nitrogens with zero attached hydrogens (tertiary/aromatic N) is 3. The molecular formula is C26H32N4O4. The summed E-state index contributed by atoms with van der Waals surface area (Å²) in [5, 5.41) is 17.7. The Bertz CT molecular complexity index is 1150. The van der Waals surface area contributed by atoms with Crippen molar-refractivity contribution in [2.75, 3.05) is 31.1 Å². The first kappa shape index (κ1) is 23.7. The van der Waals surface area contributed by atoms with E-state index in [1.807, 2.05) is 36.1 Å². The van der Waals surface area contributed by atoms with Crippen molar-refractivity contribution in [2.45, 2.75) is 52.5 Å². The predicted molar refractivity (Wildman–Crippen MR) is 130 cm³/mol. The van der Waals surface area contributed by atoms with E-state index in [1.165, 1.54) is 0 Å². The Morgan fingerprint density at radius 1 is 1.21 bits per heavy atom. The summed E-state index contributed by atoms with van der Waals surface area (Å²) in [5.74, 6) is 0.0472. The number of fused-ring (bicyclic) bond motifs is 2. The molecule has 0 aliphatic carbocycles. The van der Waals surface area contributed by atoms with Crippen LogP contribution in [0.15, 0.2) is 24.3 Å². The highest BCUT2D eigenvalue weighted by Crippen LogP contribution is 2.42. The highest BCUT2D eigenvalue weighted by atomic mass is 16.5. The Labute approximate surface area is 200 Å². The summed E-state index contributed by atoms with van der Waals surface area (Å²) >= 11 is 0. The lowest BCUT2D eigenvalue weighted by Crippen LogP contribution is -2.36. The maximum Gasteiger partial charge on any atom is 0.305 e. The zero-order chi connectivity index (χ0) is 24.6. The van der Waals surface area contributed by atoms with Crippen molar-refractivity contribution in [2.24, 2.45) is 0 Å². The van der Waals surface area contributed by atoms with Crippen LogP contribution < -0.4 is 9.64 Å². The maximum absolute atomic E-state index is 13.4. The third-order valence-corrected chi connectivity index (χ3v) is 6.38. The molecule has 180 valence electrons. The number of aryl methyl sites for hydroxylation is 1. The molecule has 2 aromatic rings. The smallest absolute Gasteiger partial charge is 0.305 e. The van der Waals surface area contributed by atoms with E-state index in [0.29, 0.717) is 37.5 Å². The number of carbonyl (C=O) groups is 2. The number of anilines is 1. The van der Waals surface area contributed by atoms with E-state index in [4.69, 9.17) is 15.3 Å². The van der Waals surface area contributed by atoms with Crippen molar-refractivity contribution in [3.05, 3.63) is 52.3 Å². The van der Waals surface area contributed by atoms with Crippen molar-refractivity contribution in [1.29, 1.82) is 5.41 Å². The number of benzene rings is 1. The summed E-state index contributed by atoms with van der Waals surface area (Å²) in [7, 11) is 0. The molecular weight excluding hydrogens is 432 g/mol. The molecule has 0 spiro atoms. The summed E-state index contributed by atoms with van der Waals surface area (Å²) in [6, 6.07) is 7.67. The molecule has 0 atom stereocenters. The van der Waals surface area contributed by atoms with Crippen LogP contribution in [0.2, 0.25) is 0 Å². The molecule has 8 heteroatoms. The molecule has 2 aliphatic rings. The maximum atomic E-state index is 13.4. The van der Waals surface area contributed by atoms with Crippen molar-refractivity contribution in [1.82, 2.24) is 9.88 Å². The SMILES string of the molecule is CCc1ccc2c(n1)C(=N)N(CC(=O)c1cc3c(c(C(C)(C)C)c1)OCCN3CCC(=O)O)C2. The molecule has 1 aromatic carbocycles. The van der Waals surface area contributed by atoms with Gasteiger partial charge in [-0.15, -0.1) is 0 Å². The zero-order valence-corrected chi connectivity index (χ0v) is 20.3. The van der Waals surface area contributed by atoms with Gasteiger partial charge in [0.25, 0.3) is 0 Å². The van der Waals surface area contributed by atoms with Gasteiger partial charge in [-0.05, 0) is 30.0 Å². The molecule has 0 bridgehead atoms. The van der Waals surface area contributed by atoms with E-state index >= 15 is 0 Å². The molecule has 8 nitrogen and oxygen atoms in total. The first-order chi connectivity index (χ1) is 16.1. The summed E-state index contributed by atoms with van der Waals surface area (Å²) < 4.78 is 6.01. The molecule has 0 saturated heterocycles. The van der Waals surface area contributed by atoms with Gasteiger partial charge in [0.05, 0.1) is 25.2 Å². The number of nitrogens with one attached hydrogen (secondary N) is 1. The van der Waals surface area contributed by atoms with Crippen LogP contribution in [0.5, 0.6) is 5.75 Å². The largest absolute Gasteiger partial charge is 0.489 e. The first-order valence-corrected chi connectivity index (χ1v) is 11.7. The fraction of sp³-hybridized carbons (Fsp3) is 0.462. The number of amidine groups is 1. The van der Waals surface area contributed by atoms with Gasteiger partial charge in [0.1, 0.15) is 23.9 Å². The number of carboxylic acids is 1. The Kier molecular flexibility index (Phi) is 6.34. The Balaban J connectivity index is 1.63. The standard InChI is InChI=1S/C26H32N4O4/c1-5-18-7-6-16-14-30(25(27)23(16)28-18)15-21(31)17-12-19(26(2,3)4)24-20(13-17)29(10-11-34-24)9-8-22(32)33/h6-7,12-13,27H,5,8-11,14-15H2,1-4H3,(H,32,33). The van der Waals surface area contributed by atoms with Gasteiger partial charge < -0.3 is 19.6 Å². The Morgan fingerprint density at radius 3 is 2.65 bits per heavy atom. The predicted octanol–water partition coefficient (Wildman–Crippen LogP) is 3.64. The molecule has 0 saturated carbocycles. The third-order valence-electron chi connectivity index (χ3n) is 6.38. The number of aromatic nitrogens is 1. The van der Waals surface area contributed by atoms with Crippen LogP contribution in [0.4, 0.5) is 5.69 Å². The van der Waals surface area contributed by atoms with Gasteiger partial charge in [-0.2, -0.15) is 0 Å². The van der Waals surface area contributed by atoms with E-state index in [0.717, 1.165) is 34.7 Å². The minimum Gasteiger partial charge on any atom is -0.489 e. The van der Waals surface area contributed by atoms with Crippen molar-refractivity contribution in [3.8, 4) is 5.75 Å². The Hall–Kier alpha value is -3.42. The molecule has 0 amide bonds. The molecule has 34 heavy (non-hydrogen) atoms. The van der Waals surface area contributed by atoms with Crippen LogP contribution in [-0.4, -0.2) is 58.8 Å². The van der Waals surface area contributed by atoms with Gasteiger partial charge in [-0.25, -0.2) is 4.98 Å². The number of ketones is 1. The highest BCUT2D eigenvalue weighted by Gasteiger charge is 2.31. The second kappa shape index (κ2) is 9.08. The average molecular weight is 465 g/mol. The molecule has 1 aromatic heterocycles. The zero-order valence-electron chi connectivity index (χ0n) is 20.3. The molecule has 2 aliphatic heterocycles. The number of rotatable bonds is 7. The third kappa shape index (κ3) is 4.62. The fourth-order valence-electron chi connectivity index (χ4n) is 4.45. The lowest BCUT2D eigenvalue weighted by molar-refractivity contribution is -0.136. The first-order valence-electron chi connectivity index (χ1n) is 11.7. The number of Topliss-reactive ketones (excluding diaryl/α,β-unsaturated/α-hetero) is 1. The van der Waals surface area contributed by atoms with E-state index < -0.39 is 5.97 Å². The average Bonchev–Trinajstić information content (AvgIpc) is 3.10. The lowest BCUT2D eigenvalue weighted by Gasteiger charge is -2.35. The van der Waals surface area contributed by atoms with Gasteiger partial charge in [0.2, 0.25) is 0 Å². The van der Waals surface area contributed by atoms with E-state index in [2.05, 4.69) is 25.8 Å². The minimum absolute atomic E-state index is 0.0123. The van der Waals surface area contributed by atoms with Gasteiger partial charge in [0, 0.05) is 35.5 Å². The van der Waals surface area contributed by atoms with Gasteiger partial charge in [-0.1, -0.05) is 33.8 Å². The van der Waals surface area contributed by atoms with Crippen LogP contribution in [0.1, 0.15) is 67.0 Å². The number of hydrogen-bond donors (Lipinski definition) is 2. The van der Waals surface area contributed by atoms with Crippen molar-refractivity contribution >= 4 is 23.3 Å². The van der Waals surface area contributed by atoms with Gasteiger partial charge in [0.15, 0.2) is 5.78 Å². The summed E-state index contributed by atoms with van der Waals surface area (Å²) in [4.78, 5) is 32.9. The fourth-order valence-corrected chi connectivity index (χ4v) is 4.45. The molecule has 0 unspecified atom stereocenters. The number of pyridine rings is 1. The number of ether oxygens (including phenoxy) is 1. The van der Waals surface area contributed by atoms with Gasteiger partial charge in [-0.3, -0.25) is 15.0 Å². The monoisotopic (exact) mass is 464 g/mol. The molecule has 0 radical (unpaired) electrons. The number of hydrogen-bond acceptors (Lipinski definition) is 6. The van der Waals surface area contributed by atoms with Crippen LogP contribution in [0.25, 0.3) is 0 Å². The molecule has 3 heterocycles. The van der Waals surface area contributed by atoms with E-state index in [1.54, 1.807) is 4.90 Å². The molecule has 2 N–H and O–H groups in total. The van der Waals surface area contributed by atoms with E-state index in [-0.39, 0.29) is 30.0 Å². The summed E-state index contributed by atoms with van der Waals surface area (Å²) in [5.41, 5.74) is 4.50. The lowest BCUT2D eigenvalue weighted by atomic mass is 9.84. The second-order valence-corrected chi connectivity index (χ2v) is 9.89. The minimum atomic E-state index is -0.858. The summed E-state index contributed by atoms with van der Waals surface area (Å²) in [6.07, 6.45) is 0.809. The topological polar surface area (TPSA) is 107 Å². The van der Waals surface area contributed by atoms with Crippen LogP contribution >= 0.6 is 0 Å². The Morgan fingerprint density at radius 2 is 1.97 bits per heavy atom. The van der Waals surface area contributed by atoms with Crippen LogP contribution in [0.3, 0.4) is 0 Å². The second-order valence-electron chi connectivity index (χ2n) is 9.89. The number of carboxylic acid groups (broad SMARTS) is 1. The van der Waals surface area contributed by atoms with Crippen molar-refractivity contribution < 1.29 is 19.4 Å². The normalized spacial score (nSPS) is 15.1. The molecule has 0 fully saturated rings. The summed E-state index contributed by atoms with van der Waals surface area (Å²) in [6.45, 7) is 10.2. The quantitative estimate of drug-likeness (QED) is 0.603. The van der Waals surface area contributed by atoms with Crippen molar-refractivity contribution in [3.63, 3.8) is 0 Å². The van der Waals surface area contributed by atoms with Gasteiger partial charge >= 0.3 is 5.97 Å². The van der Waals surface area contributed by atoms with Crippen LogP contribution in [-0.2, 0) is 23.2 Å².